The third-order valence-corrected chi connectivity index (χ3v) is 8.29. The molecule has 2 aromatic carbocycles. The van der Waals surface area contributed by atoms with E-state index in [4.69, 9.17) is 11.6 Å². The third-order valence-electron chi connectivity index (χ3n) is 4.41. The molecule has 2 rings (SSSR count). The molecule has 28 heavy (non-hydrogen) atoms. The lowest BCUT2D eigenvalue weighted by Crippen LogP contribution is -2.30. The third kappa shape index (κ3) is 4.48. The standard InChI is InChI=1S/C18H22ClFN2O4S2/c1-5-22(6-2)28(25,26)15-9-12(3)13(4)17(11-15)21-27(23,24)18-8-7-14(20)10-16(18)19/h7-11,21H,5-6H2,1-4H3. The van der Waals surface area contributed by atoms with E-state index in [1.54, 1.807) is 27.7 Å². The van der Waals surface area contributed by atoms with Crippen molar-refractivity contribution in [1.29, 1.82) is 0 Å². The molecule has 0 bridgehead atoms. The molecule has 0 aromatic heterocycles. The molecule has 0 saturated heterocycles. The Labute approximate surface area is 170 Å². The summed E-state index contributed by atoms with van der Waals surface area (Å²) in [4.78, 5) is -0.313. The molecule has 0 aliphatic heterocycles. The van der Waals surface area contributed by atoms with Crippen LogP contribution in [0.4, 0.5) is 10.1 Å². The predicted molar refractivity (Wildman–Crippen MR) is 108 cm³/mol. The van der Waals surface area contributed by atoms with Crippen LogP contribution in [0, 0.1) is 19.7 Å². The first-order valence-corrected chi connectivity index (χ1v) is 11.8. The summed E-state index contributed by atoms with van der Waals surface area (Å²) in [6.07, 6.45) is 0. The van der Waals surface area contributed by atoms with Crippen molar-refractivity contribution in [2.24, 2.45) is 0 Å². The van der Waals surface area contributed by atoms with Gasteiger partial charge in [0.2, 0.25) is 10.0 Å². The summed E-state index contributed by atoms with van der Waals surface area (Å²) in [7, 11) is -7.92. The van der Waals surface area contributed by atoms with Crippen LogP contribution in [0.5, 0.6) is 0 Å². The number of nitrogens with zero attached hydrogens (tertiary/aromatic N) is 1. The van der Waals surface area contributed by atoms with Gasteiger partial charge in [-0.2, -0.15) is 4.31 Å². The number of nitrogens with one attached hydrogen (secondary N) is 1. The fourth-order valence-corrected chi connectivity index (χ4v) is 5.90. The highest BCUT2D eigenvalue weighted by atomic mass is 35.5. The Morgan fingerprint density at radius 1 is 1.04 bits per heavy atom. The van der Waals surface area contributed by atoms with Crippen LogP contribution in [0.2, 0.25) is 5.02 Å². The Bertz CT molecular complexity index is 1100. The van der Waals surface area contributed by atoms with Gasteiger partial charge in [0.1, 0.15) is 10.7 Å². The van der Waals surface area contributed by atoms with Crippen molar-refractivity contribution in [3.05, 3.63) is 52.3 Å². The summed E-state index contributed by atoms with van der Waals surface area (Å²) >= 11 is 5.87. The SMILES string of the molecule is CCN(CC)S(=O)(=O)c1cc(C)c(C)c(NS(=O)(=O)c2ccc(F)cc2Cl)c1. The fourth-order valence-electron chi connectivity index (χ4n) is 2.69. The van der Waals surface area contributed by atoms with Crippen LogP contribution in [0.15, 0.2) is 40.1 Å². The van der Waals surface area contributed by atoms with E-state index >= 15 is 0 Å². The minimum atomic E-state index is -4.15. The number of hydrogen-bond donors (Lipinski definition) is 1. The molecule has 0 atom stereocenters. The van der Waals surface area contributed by atoms with Gasteiger partial charge in [-0.05, 0) is 55.3 Å². The van der Waals surface area contributed by atoms with E-state index in [1.807, 2.05) is 0 Å². The van der Waals surface area contributed by atoms with Gasteiger partial charge in [-0.1, -0.05) is 25.4 Å². The topological polar surface area (TPSA) is 83.6 Å². The summed E-state index contributed by atoms with van der Waals surface area (Å²) in [5, 5.41) is -0.270. The molecule has 0 spiro atoms. The lowest BCUT2D eigenvalue weighted by molar-refractivity contribution is 0.445. The highest BCUT2D eigenvalue weighted by Gasteiger charge is 2.25. The van der Waals surface area contributed by atoms with Gasteiger partial charge >= 0.3 is 0 Å². The average molecular weight is 449 g/mol. The van der Waals surface area contributed by atoms with Gasteiger partial charge < -0.3 is 0 Å². The predicted octanol–water partition coefficient (Wildman–Crippen LogP) is 3.93. The van der Waals surface area contributed by atoms with Crippen molar-refractivity contribution < 1.29 is 21.2 Å². The van der Waals surface area contributed by atoms with E-state index in [0.717, 1.165) is 18.2 Å². The molecule has 2 aromatic rings. The number of aryl methyl sites for hydroxylation is 1. The maximum absolute atomic E-state index is 13.2. The summed E-state index contributed by atoms with van der Waals surface area (Å²) in [6.45, 7) is 7.40. The number of benzene rings is 2. The smallest absolute Gasteiger partial charge is 0.263 e. The second-order valence-corrected chi connectivity index (χ2v) is 10.2. The molecule has 0 saturated carbocycles. The molecule has 0 fully saturated rings. The minimum Gasteiger partial charge on any atom is -0.279 e. The van der Waals surface area contributed by atoms with Crippen molar-refractivity contribution in [2.45, 2.75) is 37.5 Å². The van der Waals surface area contributed by atoms with E-state index in [0.29, 0.717) is 11.1 Å². The van der Waals surface area contributed by atoms with Crippen LogP contribution in [-0.4, -0.2) is 34.2 Å². The monoisotopic (exact) mass is 448 g/mol. The Hall–Kier alpha value is -1.68. The average Bonchev–Trinajstić information content (AvgIpc) is 2.58. The normalized spacial score (nSPS) is 12.4. The maximum atomic E-state index is 13.2. The summed E-state index contributed by atoms with van der Waals surface area (Å²) in [5.74, 6) is -0.664. The molecule has 0 heterocycles. The van der Waals surface area contributed by atoms with Gasteiger partial charge in [0.15, 0.2) is 0 Å². The zero-order valence-corrected chi connectivity index (χ0v) is 18.3. The number of hydrogen-bond acceptors (Lipinski definition) is 4. The van der Waals surface area contributed by atoms with Gasteiger partial charge in [-0.3, -0.25) is 4.72 Å². The molecule has 0 aliphatic rings. The first-order chi connectivity index (χ1) is 12.9. The lowest BCUT2D eigenvalue weighted by atomic mass is 10.1. The summed E-state index contributed by atoms with van der Waals surface area (Å²) in [6, 6.07) is 5.73. The highest BCUT2D eigenvalue weighted by molar-refractivity contribution is 7.93. The number of rotatable bonds is 7. The molecule has 0 radical (unpaired) electrons. The zero-order chi connectivity index (χ0) is 21.3. The molecule has 0 amide bonds. The van der Waals surface area contributed by atoms with Gasteiger partial charge in [-0.25, -0.2) is 21.2 Å². The first-order valence-electron chi connectivity index (χ1n) is 8.53. The Morgan fingerprint density at radius 2 is 1.64 bits per heavy atom. The van der Waals surface area contributed by atoms with Gasteiger partial charge in [-0.15, -0.1) is 0 Å². The Morgan fingerprint density at radius 3 is 2.18 bits per heavy atom. The van der Waals surface area contributed by atoms with Crippen molar-refractivity contribution in [3.8, 4) is 0 Å². The van der Waals surface area contributed by atoms with Gasteiger partial charge in [0, 0.05) is 13.1 Å². The van der Waals surface area contributed by atoms with E-state index in [-0.39, 0.29) is 33.6 Å². The molecule has 0 unspecified atom stereocenters. The molecule has 6 nitrogen and oxygen atoms in total. The highest BCUT2D eigenvalue weighted by Crippen LogP contribution is 2.30. The second-order valence-electron chi connectivity index (χ2n) is 6.18. The molecular formula is C18H22ClFN2O4S2. The van der Waals surface area contributed by atoms with E-state index in [1.165, 1.54) is 16.4 Å². The largest absolute Gasteiger partial charge is 0.279 e. The summed E-state index contributed by atoms with van der Waals surface area (Å²) < 4.78 is 68.0. The van der Waals surface area contributed by atoms with Crippen molar-refractivity contribution in [3.63, 3.8) is 0 Å². The van der Waals surface area contributed by atoms with Gasteiger partial charge in [0.25, 0.3) is 10.0 Å². The van der Waals surface area contributed by atoms with E-state index in [9.17, 15) is 21.2 Å². The molecule has 1 N–H and O–H groups in total. The minimum absolute atomic E-state index is 0.0118. The van der Waals surface area contributed by atoms with Crippen LogP contribution in [0.1, 0.15) is 25.0 Å². The van der Waals surface area contributed by atoms with E-state index in [2.05, 4.69) is 4.72 Å². The maximum Gasteiger partial charge on any atom is 0.263 e. The van der Waals surface area contributed by atoms with Crippen molar-refractivity contribution in [1.82, 2.24) is 4.31 Å². The number of halogens is 2. The molecule has 0 aliphatic carbocycles. The van der Waals surface area contributed by atoms with E-state index < -0.39 is 25.9 Å². The second kappa shape index (κ2) is 8.36. The van der Waals surface area contributed by atoms with Gasteiger partial charge in [0.05, 0.1) is 15.6 Å². The van der Waals surface area contributed by atoms with Crippen LogP contribution in [-0.2, 0) is 20.0 Å². The Balaban J connectivity index is 2.56. The first kappa shape index (κ1) is 22.6. The molecule has 10 heteroatoms. The van der Waals surface area contributed by atoms with Crippen LogP contribution >= 0.6 is 11.6 Å². The molecular weight excluding hydrogens is 427 g/mol. The number of anilines is 1. The van der Waals surface area contributed by atoms with Crippen LogP contribution in [0.25, 0.3) is 0 Å². The Kier molecular flexibility index (Phi) is 6.75. The number of sulfonamides is 2. The zero-order valence-electron chi connectivity index (χ0n) is 16.0. The van der Waals surface area contributed by atoms with Crippen LogP contribution < -0.4 is 4.72 Å². The summed E-state index contributed by atoms with van der Waals surface area (Å²) in [5.41, 5.74) is 1.29. The fraction of sp³-hybridized carbons (Fsp3) is 0.333. The lowest BCUT2D eigenvalue weighted by Gasteiger charge is -2.21. The van der Waals surface area contributed by atoms with Crippen LogP contribution in [0.3, 0.4) is 0 Å². The van der Waals surface area contributed by atoms with Crippen molar-refractivity contribution >= 4 is 37.3 Å². The van der Waals surface area contributed by atoms with Crippen molar-refractivity contribution in [2.75, 3.05) is 17.8 Å². The quantitative estimate of drug-likeness (QED) is 0.695. The molecule has 154 valence electrons.